The van der Waals surface area contributed by atoms with E-state index < -0.39 is 10.0 Å². The maximum absolute atomic E-state index is 12.6. The summed E-state index contributed by atoms with van der Waals surface area (Å²) in [6, 6.07) is 15.3. The highest BCUT2D eigenvalue weighted by Gasteiger charge is 2.24. The molecule has 1 amide bonds. The Morgan fingerprint density at radius 3 is 2.19 bits per heavy atom. The number of piperidine rings is 1. The van der Waals surface area contributed by atoms with Crippen LogP contribution in [-0.4, -0.2) is 49.7 Å². The number of hydrogen-bond acceptors (Lipinski definition) is 4. The molecule has 32 heavy (non-hydrogen) atoms. The standard InChI is InChI=1S/C25H33N3O3S/c29-25(26-18-22-7-6-8-23(17-22)19-27-13-4-5-14-27)24-11-9-21(10-12-24)20-32(30,31)28-15-2-1-3-16-28/h6-12,17H,1-5,13-16,18-20H2,(H,26,29). The summed E-state index contributed by atoms with van der Waals surface area (Å²) in [5, 5.41) is 2.98. The third-order valence-corrected chi connectivity index (χ3v) is 8.17. The second kappa shape index (κ2) is 10.6. The summed E-state index contributed by atoms with van der Waals surface area (Å²) in [5.74, 6) is -0.168. The van der Waals surface area contributed by atoms with Gasteiger partial charge in [-0.15, -0.1) is 0 Å². The minimum Gasteiger partial charge on any atom is -0.348 e. The average Bonchev–Trinajstić information content (AvgIpc) is 3.32. The van der Waals surface area contributed by atoms with Crippen LogP contribution < -0.4 is 5.32 Å². The molecule has 2 aromatic carbocycles. The van der Waals surface area contributed by atoms with Crippen molar-refractivity contribution < 1.29 is 13.2 Å². The molecule has 6 nitrogen and oxygen atoms in total. The highest BCUT2D eigenvalue weighted by molar-refractivity contribution is 7.88. The fraction of sp³-hybridized carbons (Fsp3) is 0.480. The van der Waals surface area contributed by atoms with Crippen LogP contribution in [-0.2, 0) is 28.9 Å². The summed E-state index contributed by atoms with van der Waals surface area (Å²) in [4.78, 5) is 15.0. The van der Waals surface area contributed by atoms with Crippen LogP contribution in [0.1, 0.15) is 59.2 Å². The Bertz CT molecular complexity index is 1010. The molecule has 0 saturated carbocycles. The molecule has 2 saturated heterocycles. The molecule has 172 valence electrons. The van der Waals surface area contributed by atoms with E-state index in [1.807, 2.05) is 12.1 Å². The number of sulfonamides is 1. The highest BCUT2D eigenvalue weighted by atomic mass is 32.2. The van der Waals surface area contributed by atoms with E-state index >= 15 is 0 Å². The van der Waals surface area contributed by atoms with Gasteiger partial charge in [0.2, 0.25) is 10.0 Å². The first-order valence-corrected chi connectivity index (χ1v) is 13.3. The largest absolute Gasteiger partial charge is 0.348 e. The minimum absolute atomic E-state index is 0.0152. The molecule has 1 N–H and O–H groups in total. The summed E-state index contributed by atoms with van der Waals surface area (Å²) >= 11 is 0. The first-order valence-electron chi connectivity index (χ1n) is 11.6. The molecule has 0 radical (unpaired) electrons. The van der Waals surface area contributed by atoms with E-state index in [1.165, 1.54) is 18.4 Å². The molecule has 7 heteroatoms. The van der Waals surface area contributed by atoms with Gasteiger partial charge in [0.25, 0.3) is 5.91 Å². The average molecular weight is 456 g/mol. The Labute approximate surface area is 191 Å². The van der Waals surface area contributed by atoms with E-state index in [0.29, 0.717) is 30.8 Å². The zero-order valence-corrected chi connectivity index (χ0v) is 19.4. The molecule has 2 aliphatic heterocycles. The molecule has 0 bridgehead atoms. The lowest BCUT2D eigenvalue weighted by Crippen LogP contribution is -2.36. The van der Waals surface area contributed by atoms with Crippen molar-refractivity contribution >= 4 is 15.9 Å². The van der Waals surface area contributed by atoms with Crippen molar-refractivity contribution in [1.29, 1.82) is 0 Å². The predicted octanol–water partition coefficient (Wildman–Crippen LogP) is 3.53. The van der Waals surface area contributed by atoms with Gasteiger partial charge >= 0.3 is 0 Å². The van der Waals surface area contributed by atoms with Crippen LogP contribution in [0.4, 0.5) is 0 Å². The Morgan fingerprint density at radius 1 is 0.812 bits per heavy atom. The second-order valence-corrected chi connectivity index (χ2v) is 10.9. The lowest BCUT2D eigenvalue weighted by molar-refractivity contribution is 0.0951. The number of carbonyl (C=O) groups is 1. The van der Waals surface area contributed by atoms with Gasteiger partial charge in [0.1, 0.15) is 0 Å². The van der Waals surface area contributed by atoms with Gasteiger partial charge < -0.3 is 5.32 Å². The van der Waals surface area contributed by atoms with Crippen LogP contribution in [0.3, 0.4) is 0 Å². The van der Waals surface area contributed by atoms with Gasteiger partial charge in [-0.05, 0) is 67.6 Å². The van der Waals surface area contributed by atoms with Crippen molar-refractivity contribution in [3.63, 3.8) is 0 Å². The van der Waals surface area contributed by atoms with E-state index in [9.17, 15) is 13.2 Å². The highest BCUT2D eigenvalue weighted by Crippen LogP contribution is 2.18. The number of likely N-dealkylation sites (tertiary alicyclic amines) is 1. The fourth-order valence-corrected chi connectivity index (χ4v) is 6.13. The van der Waals surface area contributed by atoms with Crippen molar-refractivity contribution in [2.75, 3.05) is 26.2 Å². The van der Waals surface area contributed by atoms with Gasteiger partial charge in [-0.25, -0.2) is 12.7 Å². The Kier molecular flexibility index (Phi) is 7.60. The van der Waals surface area contributed by atoms with Gasteiger partial charge in [0.05, 0.1) is 5.75 Å². The zero-order valence-electron chi connectivity index (χ0n) is 18.6. The number of nitrogens with zero attached hydrogens (tertiary/aromatic N) is 2. The molecular weight excluding hydrogens is 422 g/mol. The summed E-state index contributed by atoms with van der Waals surface area (Å²) in [7, 11) is -3.30. The van der Waals surface area contributed by atoms with Crippen LogP contribution in [0, 0.1) is 0 Å². The van der Waals surface area contributed by atoms with Crippen LogP contribution in [0.25, 0.3) is 0 Å². The lowest BCUT2D eigenvalue weighted by Gasteiger charge is -2.25. The predicted molar refractivity (Wildman–Crippen MR) is 127 cm³/mol. The maximum atomic E-state index is 12.6. The maximum Gasteiger partial charge on any atom is 0.251 e. The van der Waals surface area contributed by atoms with E-state index in [1.54, 1.807) is 28.6 Å². The smallest absolute Gasteiger partial charge is 0.251 e. The molecular formula is C25H33N3O3S. The number of hydrogen-bond donors (Lipinski definition) is 1. The van der Waals surface area contributed by atoms with E-state index in [4.69, 9.17) is 0 Å². The third kappa shape index (κ3) is 6.18. The fourth-order valence-electron chi connectivity index (χ4n) is 4.52. The van der Waals surface area contributed by atoms with E-state index in [-0.39, 0.29) is 11.7 Å². The molecule has 2 fully saturated rings. The number of rotatable bonds is 8. The van der Waals surface area contributed by atoms with Gasteiger partial charge in [-0.1, -0.05) is 42.8 Å². The minimum atomic E-state index is -3.30. The number of nitrogens with one attached hydrogen (secondary N) is 1. The third-order valence-electron chi connectivity index (χ3n) is 6.32. The Balaban J connectivity index is 1.30. The monoisotopic (exact) mass is 455 g/mol. The molecule has 2 heterocycles. The molecule has 4 rings (SSSR count). The first kappa shape index (κ1) is 23.0. The van der Waals surface area contributed by atoms with Crippen LogP contribution in [0.15, 0.2) is 48.5 Å². The van der Waals surface area contributed by atoms with E-state index in [2.05, 4.69) is 22.3 Å². The van der Waals surface area contributed by atoms with Crippen LogP contribution in [0.2, 0.25) is 0 Å². The van der Waals surface area contributed by atoms with Crippen molar-refractivity contribution in [2.24, 2.45) is 0 Å². The summed E-state index contributed by atoms with van der Waals surface area (Å²) < 4.78 is 26.8. The SMILES string of the molecule is O=C(NCc1cccc(CN2CCCC2)c1)c1ccc(CS(=O)(=O)N2CCCCC2)cc1. The number of carbonyl (C=O) groups excluding carboxylic acids is 1. The molecule has 2 aromatic rings. The molecule has 0 aliphatic carbocycles. The van der Waals surface area contributed by atoms with Crippen LogP contribution >= 0.6 is 0 Å². The van der Waals surface area contributed by atoms with Gasteiger partial charge in [0, 0.05) is 31.7 Å². The molecule has 0 atom stereocenters. The first-order chi connectivity index (χ1) is 15.5. The number of benzene rings is 2. The Hall–Kier alpha value is -2.22. The summed E-state index contributed by atoms with van der Waals surface area (Å²) in [6.45, 7) is 4.98. The topological polar surface area (TPSA) is 69.7 Å². The Morgan fingerprint density at radius 2 is 1.47 bits per heavy atom. The van der Waals surface area contributed by atoms with Gasteiger partial charge in [-0.2, -0.15) is 0 Å². The zero-order chi connectivity index (χ0) is 22.4. The van der Waals surface area contributed by atoms with Crippen molar-refractivity contribution in [3.8, 4) is 0 Å². The molecule has 0 spiro atoms. The molecule has 2 aliphatic rings. The van der Waals surface area contributed by atoms with E-state index in [0.717, 1.165) is 44.5 Å². The lowest BCUT2D eigenvalue weighted by atomic mass is 10.1. The summed E-state index contributed by atoms with van der Waals surface area (Å²) in [6.07, 6.45) is 5.51. The normalized spacial score (nSPS) is 18.0. The second-order valence-electron chi connectivity index (χ2n) is 8.90. The van der Waals surface area contributed by atoms with Crippen LogP contribution in [0.5, 0.6) is 0 Å². The summed E-state index contributed by atoms with van der Waals surface area (Å²) in [5.41, 5.74) is 3.61. The molecule has 0 unspecified atom stereocenters. The number of amides is 1. The van der Waals surface area contributed by atoms with Crippen molar-refractivity contribution in [1.82, 2.24) is 14.5 Å². The van der Waals surface area contributed by atoms with Gasteiger partial charge in [0.15, 0.2) is 0 Å². The quantitative estimate of drug-likeness (QED) is 0.661. The van der Waals surface area contributed by atoms with Crippen molar-refractivity contribution in [3.05, 3.63) is 70.8 Å². The van der Waals surface area contributed by atoms with Gasteiger partial charge in [-0.3, -0.25) is 9.69 Å². The van der Waals surface area contributed by atoms with Crippen molar-refractivity contribution in [2.45, 2.75) is 50.9 Å². The molecule has 0 aromatic heterocycles.